The Bertz CT molecular complexity index is 451. The highest BCUT2D eigenvalue weighted by atomic mass is 15.2. The number of aromatic nitrogens is 3. The van der Waals surface area contributed by atoms with Crippen LogP contribution in [0.25, 0.3) is 0 Å². The first-order chi connectivity index (χ1) is 8.29. The van der Waals surface area contributed by atoms with E-state index in [1.807, 2.05) is 37.6 Å². The average Bonchev–Trinajstić information content (AvgIpc) is 2.77. The van der Waals surface area contributed by atoms with Crippen molar-refractivity contribution in [3.63, 3.8) is 0 Å². The minimum absolute atomic E-state index is 0.0800. The van der Waals surface area contributed by atoms with Crippen LogP contribution in [0.2, 0.25) is 0 Å². The first-order valence-corrected chi connectivity index (χ1v) is 5.64. The average molecular weight is 231 g/mol. The lowest BCUT2D eigenvalue weighted by molar-refractivity contribution is 0.504. The molecule has 90 valence electrons. The molecule has 17 heavy (non-hydrogen) atoms. The largest absolute Gasteiger partial charge is 0.276 e. The molecule has 5 nitrogen and oxygen atoms in total. The van der Waals surface area contributed by atoms with Crippen molar-refractivity contribution in [3.05, 3.63) is 48.0 Å². The molecule has 3 N–H and O–H groups in total. The van der Waals surface area contributed by atoms with Gasteiger partial charge in [-0.05, 0) is 30.5 Å². The Labute approximate surface area is 101 Å². The summed E-state index contributed by atoms with van der Waals surface area (Å²) >= 11 is 0. The van der Waals surface area contributed by atoms with Gasteiger partial charge in [0.2, 0.25) is 0 Å². The van der Waals surface area contributed by atoms with E-state index in [9.17, 15) is 0 Å². The van der Waals surface area contributed by atoms with Gasteiger partial charge in [0.25, 0.3) is 0 Å². The number of hydrogen-bond acceptors (Lipinski definition) is 4. The van der Waals surface area contributed by atoms with Crippen molar-refractivity contribution in [3.8, 4) is 0 Å². The molecule has 1 atom stereocenters. The number of pyridine rings is 1. The van der Waals surface area contributed by atoms with Crippen molar-refractivity contribution in [1.29, 1.82) is 0 Å². The summed E-state index contributed by atoms with van der Waals surface area (Å²) in [5.74, 6) is 5.56. The lowest BCUT2D eigenvalue weighted by Gasteiger charge is -2.14. The smallest absolute Gasteiger partial charge is 0.0635 e. The summed E-state index contributed by atoms with van der Waals surface area (Å²) < 4.78 is 1.81. The van der Waals surface area contributed by atoms with Gasteiger partial charge in [-0.15, -0.1) is 0 Å². The molecule has 2 heterocycles. The van der Waals surface area contributed by atoms with E-state index >= 15 is 0 Å². The fourth-order valence-corrected chi connectivity index (χ4v) is 1.81. The van der Waals surface area contributed by atoms with Gasteiger partial charge in [0.1, 0.15) is 0 Å². The first kappa shape index (κ1) is 11.8. The molecule has 0 aliphatic carbocycles. The third-order valence-electron chi connectivity index (χ3n) is 2.73. The van der Waals surface area contributed by atoms with Crippen molar-refractivity contribution >= 4 is 0 Å². The predicted molar refractivity (Wildman–Crippen MR) is 65.8 cm³/mol. The molecule has 2 aromatic heterocycles. The number of hydrazine groups is 1. The molecule has 0 aliphatic heterocycles. The molecule has 0 bridgehead atoms. The molecule has 1 unspecified atom stereocenters. The van der Waals surface area contributed by atoms with Crippen LogP contribution in [0.4, 0.5) is 0 Å². The Balaban J connectivity index is 1.97. The molecule has 0 spiro atoms. The molecule has 2 aromatic rings. The van der Waals surface area contributed by atoms with Gasteiger partial charge in [-0.25, -0.2) is 0 Å². The van der Waals surface area contributed by atoms with E-state index < -0.39 is 0 Å². The lowest BCUT2D eigenvalue weighted by atomic mass is 10.1. The molecule has 0 saturated carbocycles. The second-order valence-corrected chi connectivity index (χ2v) is 4.03. The molecule has 0 aromatic carbocycles. The molecule has 5 heteroatoms. The van der Waals surface area contributed by atoms with Crippen LogP contribution >= 0.6 is 0 Å². The summed E-state index contributed by atoms with van der Waals surface area (Å²) in [6.07, 6.45) is 7.51. The summed E-state index contributed by atoms with van der Waals surface area (Å²) in [6.45, 7) is 0. The standard InChI is InChI=1S/C12H17N5/c1-17-9-10(8-15-17)5-6-12(16-13)11-4-2-3-7-14-11/h2-4,7-9,12,16H,5-6,13H2,1H3. The zero-order valence-corrected chi connectivity index (χ0v) is 9.87. The van der Waals surface area contributed by atoms with Crippen LogP contribution in [0.1, 0.15) is 23.7 Å². The van der Waals surface area contributed by atoms with E-state index in [1.54, 1.807) is 10.9 Å². The SMILES string of the molecule is Cn1cc(CCC(NN)c2ccccn2)cn1. The predicted octanol–water partition coefficient (Wildman–Crippen LogP) is 0.952. The zero-order valence-electron chi connectivity index (χ0n) is 9.87. The van der Waals surface area contributed by atoms with E-state index in [1.165, 1.54) is 5.56 Å². The van der Waals surface area contributed by atoms with Crippen LogP contribution in [-0.4, -0.2) is 14.8 Å². The van der Waals surface area contributed by atoms with Gasteiger partial charge in [-0.3, -0.25) is 20.9 Å². The van der Waals surface area contributed by atoms with Gasteiger partial charge in [0, 0.05) is 19.4 Å². The highest BCUT2D eigenvalue weighted by molar-refractivity contribution is 5.10. The van der Waals surface area contributed by atoms with Gasteiger partial charge in [-0.1, -0.05) is 6.07 Å². The van der Waals surface area contributed by atoms with E-state index in [0.29, 0.717) is 0 Å². The van der Waals surface area contributed by atoms with Crippen molar-refractivity contribution < 1.29 is 0 Å². The van der Waals surface area contributed by atoms with Gasteiger partial charge in [0.15, 0.2) is 0 Å². The normalized spacial score (nSPS) is 12.6. The molecule has 0 fully saturated rings. The maximum Gasteiger partial charge on any atom is 0.0635 e. The quantitative estimate of drug-likeness (QED) is 0.594. The van der Waals surface area contributed by atoms with E-state index in [0.717, 1.165) is 18.5 Å². The topological polar surface area (TPSA) is 68.8 Å². The molecule has 0 saturated heterocycles. The van der Waals surface area contributed by atoms with Crippen LogP contribution in [-0.2, 0) is 13.5 Å². The van der Waals surface area contributed by atoms with Crippen LogP contribution < -0.4 is 11.3 Å². The number of nitrogens with zero attached hydrogens (tertiary/aromatic N) is 3. The summed E-state index contributed by atoms with van der Waals surface area (Å²) in [5.41, 5.74) is 4.99. The molecule has 0 radical (unpaired) electrons. The molecular formula is C12H17N5. The Morgan fingerprint density at radius 3 is 2.94 bits per heavy atom. The van der Waals surface area contributed by atoms with Crippen molar-refractivity contribution in [2.75, 3.05) is 0 Å². The highest BCUT2D eigenvalue weighted by Crippen LogP contribution is 2.15. The second kappa shape index (κ2) is 5.56. The number of aryl methyl sites for hydroxylation is 2. The third kappa shape index (κ3) is 3.12. The first-order valence-electron chi connectivity index (χ1n) is 5.64. The van der Waals surface area contributed by atoms with Crippen molar-refractivity contribution in [1.82, 2.24) is 20.2 Å². The van der Waals surface area contributed by atoms with Crippen LogP contribution in [0.3, 0.4) is 0 Å². The summed E-state index contributed by atoms with van der Waals surface area (Å²) in [7, 11) is 1.92. The Morgan fingerprint density at radius 1 is 1.47 bits per heavy atom. The van der Waals surface area contributed by atoms with Gasteiger partial charge in [-0.2, -0.15) is 5.10 Å². The van der Waals surface area contributed by atoms with Crippen LogP contribution in [0, 0.1) is 0 Å². The molecule has 2 rings (SSSR count). The second-order valence-electron chi connectivity index (χ2n) is 4.03. The molecular weight excluding hydrogens is 214 g/mol. The van der Waals surface area contributed by atoms with Gasteiger partial charge >= 0.3 is 0 Å². The van der Waals surface area contributed by atoms with Gasteiger partial charge < -0.3 is 0 Å². The molecule has 0 amide bonds. The zero-order chi connectivity index (χ0) is 12.1. The van der Waals surface area contributed by atoms with Crippen LogP contribution in [0.5, 0.6) is 0 Å². The number of rotatable bonds is 5. The summed E-state index contributed by atoms with van der Waals surface area (Å²) in [4.78, 5) is 4.30. The highest BCUT2D eigenvalue weighted by Gasteiger charge is 2.10. The summed E-state index contributed by atoms with van der Waals surface area (Å²) in [5, 5.41) is 4.14. The minimum Gasteiger partial charge on any atom is -0.276 e. The fourth-order valence-electron chi connectivity index (χ4n) is 1.81. The van der Waals surface area contributed by atoms with Gasteiger partial charge in [0.05, 0.1) is 17.9 Å². The molecule has 0 aliphatic rings. The Morgan fingerprint density at radius 2 is 2.35 bits per heavy atom. The van der Waals surface area contributed by atoms with Crippen molar-refractivity contribution in [2.24, 2.45) is 12.9 Å². The monoisotopic (exact) mass is 231 g/mol. The van der Waals surface area contributed by atoms with Crippen molar-refractivity contribution in [2.45, 2.75) is 18.9 Å². The maximum absolute atomic E-state index is 5.56. The van der Waals surface area contributed by atoms with E-state index in [-0.39, 0.29) is 6.04 Å². The third-order valence-corrected chi connectivity index (χ3v) is 2.73. The maximum atomic E-state index is 5.56. The number of hydrogen-bond donors (Lipinski definition) is 2. The minimum atomic E-state index is 0.0800. The Kier molecular flexibility index (Phi) is 3.85. The van der Waals surface area contributed by atoms with E-state index in [4.69, 9.17) is 5.84 Å². The lowest BCUT2D eigenvalue weighted by Crippen LogP contribution is -2.29. The fraction of sp³-hybridized carbons (Fsp3) is 0.333. The van der Waals surface area contributed by atoms with E-state index in [2.05, 4.69) is 15.5 Å². The number of nitrogens with one attached hydrogen (secondary N) is 1. The Hall–Kier alpha value is -1.72. The number of nitrogens with two attached hydrogens (primary N) is 1. The summed E-state index contributed by atoms with van der Waals surface area (Å²) in [6, 6.07) is 5.93. The van der Waals surface area contributed by atoms with Crippen LogP contribution in [0.15, 0.2) is 36.8 Å².